The van der Waals surface area contributed by atoms with Gasteiger partial charge in [0.05, 0.1) is 44.0 Å². The molecule has 2 heterocycles. The lowest BCUT2D eigenvalue weighted by Gasteiger charge is -2.33. The second kappa shape index (κ2) is 8.99. The van der Waals surface area contributed by atoms with Crippen LogP contribution in [0.1, 0.15) is 12.5 Å². The van der Waals surface area contributed by atoms with Crippen molar-refractivity contribution in [2.24, 2.45) is 0 Å². The highest BCUT2D eigenvalue weighted by atomic mass is 32.2. The normalized spacial score (nSPS) is 18.1. The van der Waals surface area contributed by atoms with Gasteiger partial charge in [0, 0.05) is 4.90 Å². The molecule has 0 aliphatic carbocycles. The van der Waals surface area contributed by atoms with Crippen LogP contribution in [0.3, 0.4) is 0 Å². The van der Waals surface area contributed by atoms with Gasteiger partial charge in [0.2, 0.25) is 0 Å². The van der Waals surface area contributed by atoms with Crippen molar-refractivity contribution in [2.45, 2.75) is 18.0 Å². The largest absolute Gasteiger partial charge is 0.416 e. The van der Waals surface area contributed by atoms with E-state index in [2.05, 4.69) is 6.92 Å². The molecule has 1 saturated heterocycles. The highest BCUT2D eigenvalue weighted by molar-refractivity contribution is 8.04. The minimum absolute atomic E-state index is 0.0752. The van der Waals surface area contributed by atoms with Crippen molar-refractivity contribution in [1.29, 1.82) is 0 Å². The number of carbonyl (C=O) groups excluding carboxylic acids is 2. The summed E-state index contributed by atoms with van der Waals surface area (Å²) in [5.41, 5.74) is -0.702. The average Bonchev–Trinajstić information content (AvgIpc) is 3.03. The first-order valence-electron chi connectivity index (χ1n) is 10.4. The molecule has 2 aromatic carbocycles. The Kier molecular flexibility index (Phi) is 6.30. The molecule has 2 aliphatic heterocycles. The van der Waals surface area contributed by atoms with Gasteiger partial charge in [0.1, 0.15) is 10.6 Å². The number of rotatable bonds is 5. The van der Waals surface area contributed by atoms with Gasteiger partial charge in [0.15, 0.2) is 0 Å². The van der Waals surface area contributed by atoms with Crippen molar-refractivity contribution in [3.63, 3.8) is 0 Å². The Labute approximate surface area is 188 Å². The summed E-state index contributed by atoms with van der Waals surface area (Å²) in [6, 6.07) is 13.5. The van der Waals surface area contributed by atoms with Crippen molar-refractivity contribution >= 4 is 29.3 Å². The molecule has 0 bridgehead atoms. The number of likely N-dealkylation sites (N-methyl/N-ethyl adjacent to an activating group) is 1. The second-order valence-corrected chi connectivity index (χ2v) is 8.76. The summed E-state index contributed by atoms with van der Waals surface area (Å²) in [6.45, 7) is 5.94. The first-order valence-corrected chi connectivity index (χ1v) is 11.2. The zero-order valence-corrected chi connectivity index (χ0v) is 18.3. The van der Waals surface area contributed by atoms with Gasteiger partial charge in [0.25, 0.3) is 11.8 Å². The van der Waals surface area contributed by atoms with E-state index < -0.39 is 23.6 Å². The highest BCUT2D eigenvalue weighted by Gasteiger charge is 2.44. The molecule has 2 aliphatic rings. The summed E-state index contributed by atoms with van der Waals surface area (Å²) in [5.74, 6) is -1.17. The Balaban J connectivity index is 1.71. The van der Waals surface area contributed by atoms with Crippen LogP contribution in [0.25, 0.3) is 0 Å². The molecule has 2 amide bonds. The van der Waals surface area contributed by atoms with E-state index in [0.29, 0.717) is 13.1 Å². The lowest BCUT2D eigenvalue weighted by atomic mass is 10.2. The van der Waals surface area contributed by atoms with E-state index in [9.17, 15) is 22.8 Å². The molecular weight excluding hydrogens is 439 g/mol. The minimum atomic E-state index is -4.57. The summed E-state index contributed by atoms with van der Waals surface area (Å²) in [6.07, 6.45) is -4.57. The van der Waals surface area contributed by atoms with Crippen LogP contribution in [-0.4, -0.2) is 49.4 Å². The number of nitrogens with zero attached hydrogens (tertiary/aromatic N) is 2. The molecule has 0 radical (unpaired) electrons. The number of amides is 2. The Morgan fingerprint density at radius 2 is 1.66 bits per heavy atom. The lowest BCUT2D eigenvalue weighted by Crippen LogP contribution is -3.14. The molecule has 1 N–H and O–H groups in total. The number of thioether (sulfide) groups is 1. The Morgan fingerprint density at radius 3 is 2.28 bits per heavy atom. The van der Waals surface area contributed by atoms with E-state index >= 15 is 0 Å². The third-order valence-electron chi connectivity index (χ3n) is 5.70. The average molecular weight is 463 g/mol. The number of halogens is 3. The number of piperazine rings is 1. The summed E-state index contributed by atoms with van der Waals surface area (Å²) >= 11 is 1.18. The van der Waals surface area contributed by atoms with Gasteiger partial charge in [-0.05, 0) is 37.3 Å². The lowest BCUT2D eigenvalue weighted by molar-refractivity contribution is -0.902. The number of benzene rings is 2. The van der Waals surface area contributed by atoms with E-state index in [-0.39, 0.29) is 16.3 Å². The van der Waals surface area contributed by atoms with E-state index in [1.807, 2.05) is 35.2 Å². The molecule has 5 nitrogen and oxygen atoms in total. The Hall–Kier alpha value is -2.78. The summed E-state index contributed by atoms with van der Waals surface area (Å²) in [4.78, 5) is 32.0. The quantitative estimate of drug-likeness (QED) is 0.695. The van der Waals surface area contributed by atoms with Gasteiger partial charge in [-0.3, -0.25) is 9.59 Å². The number of quaternary nitrogens is 1. The van der Waals surface area contributed by atoms with E-state index in [1.54, 1.807) is 0 Å². The fourth-order valence-corrected chi connectivity index (χ4v) is 4.95. The third-order valence-corrected chi connectivity index (χ3v) is 6.78. The molecule has 4 rings (SSSR count). The highest BCUT2D eigenvalue weighted by Crippen LogP contribution is 2.40. The van der Waals surface area contributed by atoms with E-state index in [0.717, 1.165) is 41.6 Å². The van der Waals surface area contributed by atoms with Crippen LogP contribution in [0.4, 0.5) is 18.9 Å². The van der Waals surface area contributed by atoms with Crippen molar-refractivity contribution in [2.75, 3.05) is 37.6 Å². The van der Waals surface area contributed by atoms with Crippen molar-refractivity contribution in [1.82, 2.24) is 4.90 Å². The van der Waals surface area contributed by atoms with Gasteiger partial charge < -0.3 is 9.80 Å². The maximum Gasteiger partial charge on any atom is 0.416 e. The molecule has 9 heteroatoms. The van der Waals surface area contributed by atoms with Crippen molar-refractivity contribution in [3.05, 3.63) is 70.8 Å². The third kappa shape index (κ3) is 4.40. The van der Waals surface area contributed by atoms with Gasteiger partial charge in [-0.25, -0.2) is 4.90 Å². The number of carbonyl (C=O) groups is 2. The maximum absolute atomic E-state index is 13.4. The molecule has 0 unspecified atom stereocenters. The van der Waals surface area contributed by atoms with Gasteiger partial charge in [-0.1, -0.05) is 36.0 Å². The van der Waals surface area contributed by atoms with Gasteiger partial charge in [-0.15, -0.1) is 0 Å². The molecule has 0 aromatic heterocycles. The fourth-order valence-electron chi connectivity index (χ4n) is 3.93. The number of hydrogen-bond donors (Lipinski definition) is 1. The van der Waals surface area contributed by atoms with E-state index in [1.165, 1.54) is 28.8 Å². The predicted molar refractivity (Wildman–Crippen MR) is 116 cm³/mol. The first kappa shape index (κ1) is 22.4. The SMILES string of the molecule is CC[NH+]1CCN(C2=C(Sc3ccccc3)C(=O)N(c3cccc(C(F)(F)F)c3)C2=O)CC1. The summed E-state index contributed by atoms with van der Waals surface area (Å²) in [5, 5.41) is 0. The van der Waals surface area contributed by atoms with Crippen LogP contribution in [-0.2, 0) is 15.8 Å². The molecule has 2 aromatic rings. The summed E-state index contributed by atoms with van der Waals surface area (Å²) in [7, 11) is 0. The number of imide groups is 1. The molecule has 0 atom stereocenters. The number of anilines is 1. The van der Waals surface area contributed by atoms with Crippen molar-refractivity contribution < 1.29 is 27.7 Å². The molecular formula is C23H23F3N3O2S+. The zero-order valence-electron chi connectivity index (χ0n) is 17.5. The standard InChI is InChI=1S/C23H22F3N3O2S/c1-2-27-11-13-28(14-12-27)19-20(32-18-9-4-3-5-10-18)22(31)29(21(19)30)17-8-6-7-16(15-17)23(24,25)26/h3-10,15H,2,11-14H2,1H3/p+1. The van der Waals surface area contributed by atoms with E-state index in [4.69, 9.17) is 0 Å². The molecule has 0 spiro atoms. The molecule has 1 fully saturated rings. The van der Waals surface area contributed by atoms with Gasteiger partial charge >= 0.3 is 6.18 Å². The molecule has 32 heavy (non-hydrogen) atoms. The van der Waals surface area contributed by atoms with Crippen LogP contribution in [0.15, 0.2) is 70.1 Å². The van der Waals surface area contributed by atoms with Gasteiger partial charge in [-0.2, -0.15) is 13.2 Å². The fraction of sp³-hybridized carbons (Fsp3) is 0.304. The second-order valence-electron chi connectivity index (χ2n) is 7.68. The topological polar surface area (TPSA) is 45.1 Å². The number of alkyl halides is 3. The monoisotopic (exact) mass is 462 g/mol. The Morgan fingerprint density at radius 1 is 0.969 bits per heavy atom. The van der Waals surface area contributed by atoms with Crippen LogP contribution >= 0.6 is 11.8 Å². The Bertz CT molecular complexity index is 1050. The number of hydrogen-bond acceptors (Lipinski definition) is 4. The minimum Gasteiger partial charge on any atom is -0.355 e. The predicted octanol–water partition coefficient (Wildman–Crippen LogP) is 2.80. The zero-order chi connectivity index (χ0) is 22.9. The van der Waals surface area contributed by atoms with Crippen LogP contribution in [0.5, 0.6) is 0 Å². The maximum atomic E-state index is 13.4. The molecule has 0 saturated carbocycles. The molecule has 168 valence electrons. The number of nitrogens with one attached hydrogen (secondary N) is 1. The first-order chi connectivity index (χ1) is 15.3. The van der Waals surface area contributed by atoms with Crippen molar-refractivity contribution in [3.8, 4) is 0 Å². The summed E-state index contributed by atoms with van der Waals surface area (Å²) < 4.78 is 39.7. The van der Waals surface area contributed by atoms with Crippen LogP contribution in [0, 0.1) is 0 Å². The van der Waals surface area contributed by atoms with Crippen LogP contribution in [0.2, 0.25) is 0 Å². The smallest absolute Gasteiger partial charge is 0.355 e. The van der Waals surface area contributed by atoms with Crippen LogP contribution < -0.4 is 9.80 Å².